The lowest BCUT2D eigenvalue weighted by Gasteiger charge is -2.16. The van der Waals surface area contributed by atoms with Gasteiger partial charge in [0.1, 0.15) is 24.3 Å². The minimum absolute atomic E-state index is 0.0101. The number of nitrogens with two attached hydrogens (primary N) is 1. The molecule has 0 fully saturated rings. The van der Waals surface area contributed by atoms with Gasteiger partial charge in [-0.3, -0.25) is 0 Å². The van der Waals surface area contributed by atoms with Crippen molar-refractivity contribution in [1.29, 1.82) is 0 Å². The van der Waals surface area contributed by atoms with Gasteiger partial charge in [0, 0.05) is 24.8 Å². The van der Waals surface area contributed by atoms with Gasteiger partial charge in [0.2, 0.25) is 0 Å². The second-order valence-electron chi connectivity index (χ2n) is 4.50. The Morgan fingerprint density at radius 3 is 2.70 bits per heavy atom. The minimum Gasteiger partial charge on any atom is -0.490 e. The van der Waals surface area contributed by atoms with Crippen LogP contribution in [0.2, 0.25) is 0 Å². The Kier molecular flexibility index (Phi) is 7.46. The highest BCUT2D eigenvalue weighted by Gasteiger charge is 2.12. The Morgan fingerprint density at radius 2 is 2.05 bits per heavy atom. The molecule has 0 amide bonds. The van der Waals surface area contributed by atoms with Crippen molar-refractivity contribution in [2.45, 2.75) is 19.1 Å². The van der Waals surface area contributed by atoms with E-state index in [9.17, 15) is 9.50 Å². The number of ether oxygens (including phenoxy) is 3. The van der Waals surface area contributed by atoms with Crippen LogP contribution >= 0.6 is 0 Å². The van der Waals surface area contributed by atoms with E-state index in [-0.39, 0.29) is 19.3 Å². The zero-order chi connectivity index (χ0) is 15.0. The lowest BCUT2D eigenvalue weighted by Crippen LogP contribution is -2.25. The molecular formula is C14H22FNO4. The molecule has 2 atom stereocenters. The van der Waals surface area contributed by atoms with Crippen molar-refractivity contribution < 1.29 is 23.7 Å². The first-order chi connectivity index (χ1) is 9.54. The molecule has 0 aliphatic rings. The van der Waals surface area contributed by atoms with Crippen LogP contribution in [0.3, 0.4) is 0 Å². The van der Waals surface area contributed by atoms with Crippen LogP contribution in [0.4, 0.5) is 4.39 Å². The van der Waals surface area contributed by atoms with Crippen LogP contribution in [-0.4, -0.2) is 44.7 Å². The van der Waals surface area contributed by atoms with E-state index in [1.165, 1.54) is 12.1 Å². The number of halogens is 1. The zero-order valence-electron chi connectivity index (χ0n) is 11.8. The molecule has 0 saturated heterocycles. The van der Waals surface area contributed by atoms with Crippen molar-refractivity contribution in [3.05, 3.63) is 29.6 Å². The van der Waals surface area contributed by atoms with Crippen molar-refractivity contribution in [1.82, 2.24) is 0 Å². The SMILES string of the molecule is COCCOCC(O)COc1cc(F)ccc1C(C)N. The first-order valence-corrected chi connectivity index (χ1v) is 6.47. The van der Waals surface area contributed by atoms with E-state index in [0.717, 1.165) is 0 Å². The third-order valence-corrected chi connectivity index (χ3v) is 2.64. The van der Waals surface area contributed by atoms with Crippen LogP contribution in [0.25, 0.3) is 0 Å². The third-order valence-electron chi connectivity index (χ3n) is 2.64. The Hall–Kier alpha value is -1.21. The molecule has 0 aromatic heterocycles. The van der Waals surface area contributed by atoms with Gasteiger partial charge in [-0.2, -0.15) is 0 Å². The summed E-state index contributed by atoms with van der Waals surface area (Å²) in [4.78, 5) is 0. The van der Waals surface area contributed by atoms with Gasteiger partial charge in [-0.1, -0.05) is 6.07 Å². The van der Waals surface area contributed by atoms with Gasteiger partial charge in [-0.15, -0.1) is 0 Å². The third kappa shape index (κ3) is 5.83. The van der Waals surface area contributed by atoms with Gasteiger partial charge >= 0.3 is 0 Å². The molecule has 0 bridgehead atoms. The average molecular weight is 287 g/mol. The van der Waals surface area contributed by atoms with Crippen LogP contribution in [0.1, 0.15) is 18.5 Å². The molecule has 0 aliphatic heterocycles. The van der Waals surface area contributed by atoms with Crippen molar-refractivity contribution in [2.75, 3.05) is 33.5 Å². The molecule has 1 aromatic rings. The second-order valence-corrected chi connectivity index (χ2v) is 4.50. The predicted molar refractivity (Wildman–Crippen MR) is 73.2 cm³/mol. The Morgan fingerprint density at radius 1 is 1.30 bits per heavy atom. The van der Waals surface area contributed by atoms with Crippen molar-refractivity contribution in [3.8, 4) is 5.75 Å². The molecule has 0 aliphatic carbocycles. The van der Waals surface area contributed by atoms with Crippen LogP contribution in [0.15, 0.2) is 18.2 Å². The maximum absolute atomic E-state index is 13.2. The monoisotopic (exact) mass is 287 g/mol. The molecule has 0 radical (unpaired) electrons. The largest absolute Gasteiger partial charge is 0.490 e. The summed E-state index contributed by atoms with van der Waals surface area (Å²) in [5.41, 5.74) is 6.47. The number of rotatable bonds is 9. The summed E-state index contributed by atoms with van der Waals surface area (Å²) < 4.78 is 28.6. The van der Waals surface area contributed by atoms with Gasteiger partial charge in [0.25, 0.3) is 0 Å². The average Bonchev–Trinajstić information content (AvgIpc) is 2.41. The quantitative estimate of drug-likeness (QED) is 0.669. The maximum atomic E-state index is 13.2. The molecule has 114 valence electrons. The van der Waals surface area contributed by atoms with Crippen LogP contribution in [-0.2, 0) is 9.47 Å². The second kappa shape index (κ2) is 8.86. The fourth-order valence-electron chi connectivity index (χ4n) is 1.61. The normalized spacial score (nSPS) is 14.1. The molecule has 3 N–H and O–H groups in total. The van der Waals surface area contributed by atoms with Gasteiger partial charge < -0.3 is 25.1 Å². The van der Waals surface area contributed by atoms with Crippen LogP contribution in [0, 0.1) is 5.82 Å². The van der Waals surface area contributed by atoms with Gasteiger partial charge in [-0.05, 0) is 13.0 Å². The van der Waals surface area contributed by atoms with Crippen LogP contribution in [0.5, 0.6) is 5.75 Å². The summed E-state index contributed by atoms with van der Waals surface area (Å²) in [6.45, 7) is 2.79. The first-order valence-electron chi connectivity index (χ1n) is 6.47. The van der Waals surface area contributed by atoms with Crippen molar-refractivity contribution >= 4 is 0 Å². The standard InChI is InChI=1S/C14H22FNO4/c1-10(16)13-4-3-11(15)7-14(13)20-9-12(17)8-19-6-5-18-2/h3-4,7,10,12,17H,5-6,8-9,16H2,1-2H3. The van der Waals surface area contributed by atoms with Gasteiger partial charge in [-0.25, -0.2) is 4.39 Å². The molecule has 0 heterocycles. The Bertz CT molecular complexity index is 401. The molecule has 20 heavy (non-hydrogen) atoms. The number of aliphatic hydroxyl groups is 1. The number of methoxy groups -OCH3 is 1. The highest BCUT2D eigenvalue weighted by molar-refractivity contribution is 5.36. The summed E-state index contributed by atoms with van der Waals surface area (Å²) in [7, 11) is 1.57. The number of aliphatic hydroxyl groups excluding tert-OH is 1. The summed E-state index contributed by atoms with van der Waals surface area (Å²) in [6.07, 6.45) is -0.795. The lowest BCUT2D eigenvalue weighted by atomic mass is 10.1. The molecule has 2 unspecified atom stereocenters. The fourth-order valence-corrected chi connectivity index (χ4v) is 1.61. The van der Waals surface area contributed by atoms with E-state index in [1.54, 1.807) is 20.1 Å². The minimum atomic E-state index is -0.795. The summed E-state index contributed by atoms with van der Waals surface area (Å²) in [5.74, 6) is -0.0637. The van der Waals surface area contributed by atoms with E-state index >= 15 is 0 Å². The maximum Gasteiger partial charge on any atom is 0.127 e. The number of hydrogen-bond acceptors (Lipinski definition) is 5. The van der Waals surface area contributed by atoms with E-state index in [0.29, 0.717) is 24.5 Å². The Balaban J connectivity index is 2.46. The Labute approximate surface area is 118 Å². The molecule has 5 nitrogen and oxygen atoms in total. The van der Waals surface area contributed by atoms with Gasteiger partial charge in [0.15, 0.2) is 0 Å². The molecule has 1 rings (SSSR count). The molecule has 0 spiro atoms. The van der Waals surface area contributed by atoms with Crippen LogP contribution < -0.4 is 10.5 Å². The first kappa shape index (κ1) is 16.8. The van der Waals surface area contributed by atoms with E-state index in [2.05, 4.69) is 0 Å². The summed E-state index contributed by atoms with van der Waals surface area (Å²) in [5, 5.41) is 9.69. The van der Waals surface area contributed by atoms with Crippen molar-refractivity contribution in [2.24, 2.45) is 5.73 Å². The number of hydrogen-bond donors (Lipinski definition) is 2. The van der Waals surface area contributed by atoms with E-state index in [4.69, 9.17) is 19.9 Å². The predicted octanol–water partition coefficient (Wildman–Crippen LogP) is 1.25. The van der Waals surface area contributed by atoms with Crippen molar-refractivity contribution in [3.63, 3.8) is 0 Å². The van der Waals surface area contributed by atoms with E-state index in [1.807, 2.05) is 0 Å². The topological polar surface area (TPSA) is 73.9 Å². The zero-order valence-corrected chi connectivity index (χ0v) is 11.8. The van der Waals surface area contributed by atoms with E-state index < -0.39 is 11.9 Å². The van der Waals surface area contributed by atoms with Gasteiger partial charge in [0.05, 0.1) is 19.8 Å². The highest BCUT2D eigenvalue weighted by Crippen LogP contribution is 2.24. The molecule has 1 aromatic carbocycles. The molecule has 6 heteroatoms. The summed E-state index contributed by atoms with van der Waals surface area (Å²) in [6, 6.07) is 3.89. The summed E-state index contributed by atoms with van der Waals surface area (Å²) >= 11 is 0. The fraction of sp³-hybridized carbons (Fsp3) is 0.571. The lowest BCUT2D eigenvalue weighted by molar-refractivity contribution is -0.00439. The molecular weight excluding hydrogens is 265 g/mol. The highest BCUT2D eigenvalue weighted by atomic mass is 19.1. The smallest absolute Gasteiger partial charge is 0.127 e. The molecule has 0 saturated carbocycles. The number of benzene rings is 1.